The molecule has 1 aromatic carbocycles. The number of guanidine groups is 1. The third-order valence-electron chi connectivity index (χ3n) is 5.69. The molecule has 0 bridgehead atoms. The van der Waals surface area contributed by atoms with Gasteiger partial charge in [-0.25, -0.2) is 4.39 Å². The van der Waals surface area contributed by atoms with Crippen LogP contribution < -0.4 is 10.6 Å². The van der Waals surface area contributed by atoms with E-state index < -0.39 is 0 Å². The molecule has 9 heteroatoms. The van der Waals surface area contributed by atoms with Crippen molar-refractivity contribution in [2.75, 3.05) is 26.7 Å². The molecule has 2 heterocycles. The van der Waals surface area contributed by atoms with E-state index in [1.807, 2.05) is 18.7 Å². The van der Waals surface area contributed by atoms with Gasteiger partial charge in [-0.15, -0.1) is 24.0 Å². The number of aliphatic imine (C=N–C) groups is 1. The highest BCUT2D eigenvalue weighted by atomic mass is 127. The highest BCUT2D eigenvalue weighted by Crippen LogP contribution is 2.31. The van der Waals surface area contributed by atoms with Gasteiger partial charge < -0.3 is 10.6 Å². The molecule has 1 fully saturated rings. The fraction of sp³-hybridized carbons (Fsp3) is 0.524. The van der Waals surface area contributed by atoms with E-state index in [0.717, 1.165) is 42.9 Å². The van der Waals surface area contributed by atoms with Crippen molar-refractivity contribution in [2.24, 2.45) is 12.0 Å². The minimum atomic E-state index is -0.263. The van der Waals surface area contributed by atoms with E-state index in [2.05, 4.69) is 32.5 Å². The van der Waals surface area contributed by atoms with Gasteiger partial charge in [-0.2, -0.15) is 5.10 Å². The molecule has 1 atom stereocenters. The molecule has 0 saturated carbocycles. The lowest BCUT2D eigenvalue weighted by Gasteiger charge is -2.29. The summed E-state index contributed by atoms with van der Waals surface area (Å²) in [5.74, 6) is 0.407. The Bertz CT molecular complexity index is 858. The zero-order chi connectivity index (χ0) is 21.0. The van der Waals surface area contributed by atoms with Gasteiger partial charge >= 0.3 is 0 Å². The van der Waals surface area contributed by atoms with Crippen molar-refractivity contribution in [3.8, 4) is 0 Å². The Morgan fingerprint density at radius 2 is 1.97 bits per heavy atom. The molecule has 1 unspecified atom stereocenters. The number of rotatable bonds is 6. The Hall–Kier alpha value is -1.39. The van der Waals surface area contributed by atoms with Crippen LogP contribution in [0.4, 0.5) is 4.39 Å². The summed E-state index contributed by atoms with van der Waals surface area (Å²) < 4.78 is 16.5. The van der Waals surface area contributed by atoms with Crippen LogP contribution in [0.15, 0.2) is 23.2 Å². The minimum Gasteiger partial charge on any atom is -0.354 e. The summed E-state index contributed by atoms with van der Waals surface area (Å²) in [5.41, 5.74) is 3.83. The predicted molar refractivity (Wildman–Crippen MR) is 131 cm³/mol. The van der Waals surface area contributed by atoms with Crippen LogP contribution in [0.1, 0.15) is 41.4 Å². The van der Waals surface area contributed by atoms with Crippen LogP contribution in [0.3, 0.4) is 0 Å². The summed E-state index contributed by atoms with van der Waals surface area (Å²) in [6.07, 6.45) is 2.24. The molecular weight excluding hydrogens is 518 g/mol. The van der Waals surface area contributed by atoms with Gasteiger partial charge in [-0.1, -0.05) is 17.7 Å². The smallest absolute Gasteiger partial charge is 0.191 e. The van der Waals surface area contributed by atoms with Crippen LogP contribution in [-0.2, 0) is 13.6 Å². The highest BCUT2D eigenvalue weighted by molar-refractivity contribution is 14.0. The average Bonchev–Trinajstić information content (AvgIpc) is 3.29. The molecule has 166 valence electrons. The maximum absolute atomic E-state index is 14.6. The van der Waals surface area contributed by atoms with Crippen LogP contribution in [0.25, 0.3) is 0 Å². The Kier molecular flexibility index (Phi) is 9.36. The first-order valence-corrected chi connectivity index (χ1v) is 10.4. The van der Waals surface area contributed by atoms with Gasteiger partial charge in [0.05, 0.1) is 11.7 Å². The van der Waals surface area contributed by atoms with E-state index in [1.165, 1.54) is 6.07 Å². The third kappa shape index (κ3) is 5.64. The number of aromatic nitrogens is 2. The molecule has 2 aromatic rings. The van der Waals surface area contributed by atoms with E-state index in [4.69, 9.17) is 11.6 Å². The number of aryl methyl sites for hydroxylation is 2. The van der Waals surface area contributed by atoms with Crippen molar-refractivity contribution in [2.45, 2.75) is 39.3 Å². The van der Waals surface area contributed by atoms with Gasteiger partial charge in [0.15, 0.2) is 5.96 Å². The van der Waals surface area contributed by atoms with E-state index in [1.54, 1.807) is 19.2 Å². The first-order valence-electron chi connectivity index (χ1n) is 10.0. The average molecular weight is 549 g/mol. The van der Waals surface area contributed by atoms with E-state index in [9.17, 15) is 4.39 Å². The fourth-order valence-electron chi connectivity index (χ4n) is 3.96. The monoisotopic (exact) mass is 548 g/mol. The first-order chi connectivity index (χ1) is 13.9. The molecule has 2 N–H and O–H groups in total. The third-order valence-corrected chi connectivity index (χ3v) is 6.02. The lowest BCUT2D eigenvalue weighted by atomic mass is 10.0. The van der Waals surface area contributed by atoms with Gasteiger partial charge in [0.1, 0.15) is 5.82 Å². The van der Waals surface area contributed by atoms with Crippen molar-refractivity contribution in [1.29, 1.82) is 0 Å². The maximum Gasteiger partial charge on any atom is 0.191 e. The molecule has 1 saturated heterocycles. The normalized spacial score (nSPS) is 15.7. The largest absolute Gasteiger partial charge is 0.354 e. The number of likely N-dealkylation sites (tertiary alicyclic amines) is 1. The van der Waals surface area contributed by atoms with Gasteiger partial charge in [0.25, 0.3) is 0 Å². The van der Waals surface area contributed by atoms with E-state index in [0.29, 0.717) is 29.6 Å². The second-order valence-corrected chi connectivity index (χ2v) is 7.88. The Labute approximate surface area is 200 Å². The van der Waals surface area contributed by atoms with Crippen LogP contribution >= 0.6 is 35.6 Å². The summed E-state index contributed by atoms with van der Waals surface area (Å²) >= 11 is 6.38. The van der Waals surface area contributed by atoms with Crippen molar-refractivity contribution < 1.29 is 4.39 Å². The van der Waals surface area contributed by atoms with Gasteiger partial charge in [0.2, 0.25) is 0 Å². The summed E-state index contributed by atoms with van der Waals surface area (Å²) in [6, 6.07) is 4.73. The molecule has 1 aromatic heterocycles. The lowest BCUT2D eigenvalue weighted by molar-refractivity contribution is 0.240. The molecule has 1 aliphatic heterocycles. The summed E-state index contributed by atoms with van der Waals surface area (Å²) in [4.78, 5) is 6.62. The lowest BCUT2D eigenvalue weighted by Crippen LogP contribution is -2.42. The Morgan fingerprint density at radius 3 is 2.53 bits per heavy atom. The molecule has 6 nitrogen and oxygen atoms in total. The van der Waals surface area contributed by atoms with Crippen LogP contribution in [0.5, 0.6) is 0 Å². The highest BCUT2D eigenvalue weighted by Gasteiger charge is 2.27. The summed E-state index contributed by atoms with van der Waals surface area (Å²) in [5, 5.41) is 11.6. The Morgan fingerprint density at radius 1 is 1.27 bits per heavy atom. The number of hydrogen-bond donors (Lipinski definition) is 2. The molecule has 0 radical (unpaired) electrons. The molecule has 30 heavy (non-hydrogen) atoms. The SMILES string of the molecule is CN=C(NCc1c(C)nn(C)c1C)NCC(c1c(F)cccc1Cl)N1CCCC1.I. The van der Waals surface area contributed by atoms with Crippen molar-refractivity contribution in [1.82, 2.24) is 25.3 Å². The quantitative estimate of drug-likeness (QED) is 0.326. The fourth-order valence-corrected chi connectivity index (χ4v) is 4.24. The Balaban J connectivity index is 0.00000320. The molecule has 0 spiro atoms. The maximum atomic E-state index is 14.6. The zero-order valence-corrected chi connectivity index (χ0v) is 21.1. The molecular formula is C21H31ClFIN6. The molecule has 0 amide bonds. The first kappa shape index (κ1) is 24.9. The summed E-state index contributed by atoms with van der Waals surface area (Å²) in [6.45, 7) is 7.08. The van der Waals surface area contributed by atoms with Crippen molar-refractivity contribution in [3.05, 3.63) is 51.6 Å². The number of nitrogens with one attached hydrogen (secondary N) is 2. The number of nitrogens with zero attached hydrogens (tertiary/aromatic N) is 4. The van der Waals surface area contributed by atoms with Crippen molar-refractivity contribution in [3.63, 3.8) is 0 Å². The zero-order valence-electron chi connectivity index (χ0n) is 18.0. The van der Waals surface area contributed by atoms with Gasteiger partial charge in [-0.3, -0.25) is 14.6 Å². The van der Waals surface area contributed by atoms with Crippen LogP contribution in [0, 0.1) is 19.7 Å². The predicted octanol–water partition coefficient (Wildman–Crippen LogP) is 3.95. The molecule has 1 aliphatic rings. The van der Waals surface area contributed by atoms with E-state index in [-0.39, 0.29) is 35.8 Å². The second kappa shape index (κ2) is 11.3. The number of benzene rings is 1. The topological polar surface area (TPSA) is 57.5 Å². The minimum absolute atomic E-state index is 0. The molecule has 0 aliphatic carbocycles. The number of halogens is 3. The van der Waals surface area contributed by atoms with Crippen molar-refractivity contribution >= 4 is 41.5 Å². The number of hydrogen-bond acceptors (Lipinski definition) is 3. The van der Waals surface area contributed by atoms with Gasteiger partial charge in [0, 0.05) is 49.0 Å². The van der Waals surface area contributed by atoms with Crippen LogP contribution in [0.2, 0.25) is 5.02 Å². The van der Waals surface area contributed by atoms with Crippen LogP contribution in [-0.4, -0.2) is 47.3 Å². The van der Waals surface area contributed by atoms with E-state index >= 15 is 0 Å². The standard InChI is InChI=1S/C21H30ClFN6.HI/c1-14-16(15(2)28(4)27-14)12-25-21(24-3)26-13-19(29-10-5-6-11-29)20-17(22)8-7-9-18(20)23;/h7-9,19H,5-6,10-13H2,1-4H3,(H2,24,25,26);1H. The summed E-state index contributed by atoms with van der Waals surface area (Å²) in [7, 11) is 3.68. The second-order valence-electron chi connectivity index (χ2n) is 7.47. The molecule has 3 rings (SSSR count). The van der Waals surface area contributed by atoms with Gasteiger partial charge in [-0.05, 0) is 51.9 Å².